The summed E-state index contributed by atoms with van der Waals surface area (Å²) < 4.78 is 0. The molecular weight excluding hydrogens is 190 g/mol. The summed E-state index contributed by atoms with van der Waals surface area (Å²) in [6.45, 7) is 1.79. The maximum Gasteiger partial charge on any atom is 0.306 e. The third-order valence-electron chi connectivity index (χ3n) is 3.25. The zero-order chi connectivity index (χ0) is 10.8. The molecule has 0 amide bonds. The molecule has 1 N–H and O–H groups in total. The van der Waals surface area contributed by atoms with Crippen molar-refractivity contribution >= 4 is 5.97 Å². The summed E-state index contributed by atoms with van der Waals surface area (Å²) in [7, 11) is 0. The number of carboxylic acids is 1. The van der Waals surface area contributed by atoms with Crippen LogP contribution in [-0.2, 0) is 11.2 Å². The van der Waals surface area contributed by atoms with Gasteiger partial charge in [0.25, 0.3) is 0 Å². The lowest BCUT2D eigenvalue weighted by Gasteiger charge is -2.27. The fourth-order valence-corrected chi connectivity index (χ4v) is 2.33. The average Bonchev–Trinajstić information content (AvgIpc) is 2.27. The van der Waals surface area contributed by atoms with Gasteiger partial charge in [0.2, 0.25) is 0 Å². The summed E-state index contributed by atoms with van der Waals surface area (Å²) in [6, 6.07) is 3.91. The molecule has 1 aromatic heterocycles. The number of hydrogen-bond acceptors (Lipinski definition) is 2. The van der Waals surface area contributed by atoms with E-state index in [1.54, 1.807) is 13.1 Å². The quantitative estimate of drug-likeness (QED) is 0.805. The Balaban J connectivity index is 2.33. The molecule has 0 saturated carbocycles. The van der Waals surface area contributed by atoms with Crippen molar-refractivity contribution in [3.05, 3.63) is 29.6 Å². The Kier molecular flexibility index (Phi) is 2.71. The summed E-state index contributed by atoms with van der Waals surface area (Å²) in [4.78, 5) is 15.3. The van der Waals surface area contributed by atoms with Crippen molar-refractivity contribution in [3.8, 4) is 0 Å². The van der Waals surface area contributed by atoms with Crippen LogP contribution in [0.4, 0.5) is 0 Å². The first-order valence-electron chi connectivity index (χ1n) is 5.36. The topological polar surface area (TPSA) is 50.2 Å². The van der Waals surface area contributed by atoms with Gasteiger partial charge in [-0.1, -0.05) is 13.0 Å². The standard InChI is InChI=1S/C12H15NO2/c1-8(12(14)15)9-4-2-6-11-10(9)5-3-7-13-11/h3,5,7-9H,2,4,6H2,1H3,(H,14,15). The van der Waals surface area contributed by atoms with Crippen LogP contribution in [0, 0.1) is 5.92 Å². The molecule has 0 radical (unpaired) electrons. The van der Waals surface area contributed by atoms with Gasteiger partial charge in [-0.05, 0) is 36.8 Å². The van der Waals surface area contributed by atoms with E-state index < -0.39 is 5.97 Å². The fourth-order valence-electron chi connectivity index (χ4n) is 2.33. The highest BCUT2D eigenvalue weighted by Gasteiger charge is 2.29. The fraction of sp³-hybridized carbons (Fsp3) is 0.500. The molecule has 15 heavy (non-hydrogen) atoms. The zero-order valence-electron chi connectivity index (χ0n) is 8.81. The van der Waals surface area contributed by atoms with Crippen molar-refractivity contribution in [3.63, 3.8) is 0 Å². The van der Waals surface area contributed by atoms with Gasteiger partial charge in [0.1, 0.15) is 0 Å². The van der Waals surface area contributed by atoms with Gasteiger partial charge in [-0.25, -0.2) is 0 Å². The Hall–Kier alpha value is -1.38. The first-order valence-corrected chi connectivity index (χ1v) is 5.36. The Labute approximate surface area is 89.2 Å². The van der Waals surface area contributed by atoms with Crippen molar-refractivity contribution in [1.29, 1.82) is 0 Å². The van der Waals surface area contributed by atoms with Gasteiger partial charge in [0.15, 0.2) is 0 Å². The molecule has 3 heteroatoms. The van der Waals surface area contributed by atoms with Gasteiger partial charge in [-0.3, -0.25) is 9.78 Å². The minimum Gasteiger partial charge on any atom is -0.481 e. The van der Waals surface area contributed by atoms with Crippen LogP contribution in [0.5, 0.6) is 0 Å². The lowest BCUT2D eigenvalue weighted by molar-refractivity contribution is -0.142. The Morgan fingerprint density at radius 2 is 2.47 bits per heavy atom. The van der Waals surface area contributed by atoms with Crippen LogP contribution in [0.1, 0.15) is 36.9 Å². The third-order valence-corrected chi connectivity index (χ3v) is 3.25. The highest BCUT2D eigenvalue weighted by atomic mass is 16.4. The number of aliphatic carboxylic acids is 1. The minimum absolute atomic E-state index is 0.139. The number of aromatic nitrogens is 1. The molecule has 0 bridgehead atoms. The van der Waals surface area contributed by atoms with Gasteiger partial charge in [-0.2, -0.15) is 0 Å². The summed E-state index contributed by atoms with van der Waals surface area (Å²) in [5.41, 5.74) is 2.22. The number of carboxylic acid groups (broad SMARTS) is 1. The lowest BCUT2D eigenvalue weighted by Crippen LogP contribution is -2.23. The van der Waals surface area contributed by atoms with Crippen LogP contribution in [0.15, 0.2) is 18.3 Å². The van der Waals surface area contributed by atoms with E-state index >= 15 is 0 Å². The third kappa shape index (κ3) is 1.87. The van der Waals surface area contributed by atoms with Crippen molar-refractivity contribution < 1.29 is 9.90 Å². The maximum absolute atomic E-state index is 11.0. The molecule has 1 aliphatic carbocycles. The normalized spacial score (nSPS) is 21.8. The molecule has 0 saturated heterocycles. The first kappa shape index (κ1) is 10.1. The van der Waals surface area contributed by atoms with E-state index in [4.69, 9.17) is 5.11 Å². The molecule has 1 aliphatic rings. The Morgan fingerprint density at radius 3 is 3.20 bits per heavy atom. The second-order valence-corrected chi connectivity index (χ2v) is 4.16. The predicted octanol–water partition coefficient (Wildman–Crippen LogP) is 2.22. The molecule has 1 aromatic rings. The molecule has 80 valence electrons. The van der Waals surface area contributed by atoms with E-state index in [1.165, 1.54) is 0 Å². The number of nitrogens with zero attached hydrogens (tertiary/aromatic N) is 1. The first-order chi connectivity index (χ1) is 7.20. The molecule has 0 spiro atoms. The van der Waals surface area contributed by atoms with E-state index in [1.807, 2.05) is 12.1 Å². The maximum atomic E-state index is 11.0. The molecule has 0 aromatic carbocycles. The molecule has 1 heterocycles. The predicted molar refractivity (Wildman–Crippen MR) is 56.7 cm³/mol. The number of fused-ring (bicyclic) bond motifs is 1. The molecule has 2 rings (SSSR count). The Morgan fingerprint density at radius 1 is 1.67 bits per heavy atom. The van der Waals surface area contributed by atoms with Crippen LogP contribution in [-0.4, -0.2) is 16.1 Å². The second-order valence-electron chi connectivity index (χ2n) is 4.16. The van der Waals surface area contributed by atoms with Crippen LogP contribution in [0.2, 0.25) is 0 Å². The highest BCUT2D eigenvalue weighted by molar-refractivity contribution is 5.71. The summed E-state index contributed by atoms with van der Waals surface area (Å²) >= 11 is 0. The highest BCUT2D eigenvalue weighted by Crippen LogP contribution is 2.35. The van der Waals surface area contributed by atoms with Gasteiger partial charge in [0, 0.05) is 11.9 Å². The van der Waals surface area contributed by atoms with Gasteiger partial charge >= 0.3 is 5.97 Å². The van der Waals surface area contributed by atoms with Crippen LogP contribution in [0.3, 0.4) is 0 Å². The van der Waals surface area contributed by atoms with E-state index in [0.717, 1.165) is 30.5 Å². The van der Waals surface area contributed by atoms with E-state index in [9.17, 15) is 4.79 Å². The second kappa shape index (κ2) is 4.01. The van der Waals surface area contributed by atoms with E-state index in [-0.39, 0.29) is 11.8 Å². The molecule has 3 nitrogen and oxygen atoms in total. The summed E-state index contributed by atoms with van der Waals surface area (Å²) in [6.07, 6.45) is 4.78. The minimum atomic E-state index is -0.711. The van der Waals surface area contributed by atoms with Gasteiger partial charge in [-0.15, -0.1) is 0 Å². The zero-order valence-corrected chi connectivity index (χ0v) is 8.81. The lowest BCUT2D eigenvalue weighted by atomic mass is 9.78. The van der Waals surface area contributed by atoms with E-state index in [2.05, 4.69) is 4.98 Å². The number of carbonyl (C=O) groups is 1. The number of rotatable bonds is 2. The van der Waals surface area contributed by atoms with Crippen molar-refractivity contribution in [1.82, 2.24) is 4.98 Å². The number of aryl methyl sites for hydroxylation is 1. The van der Waals surface area contributed by atoms with Crippen molar-refractivity contribution in [2.75, 3.05) is 0 Å². The number of hydrogen-bond donors (Lipinski definition) is 1. The number of pyridine rings is 1. The van der Waals surface area contributed by atoms with Gasteiger partial charge < -0.3 is 5.11 Å². The smallest absolute Gasteiger partial charge is 0.306 e. The SMILES string of the molecule is CC(C(=O)O)C1CCCc2ncccc21. The van der Waals surface area contributed by atoms with Crippen LogP contribution in [0.25, 0.3) is 0 Å². The average molecular weight is 205 g/mol. The molecule has 2 unspecified atom stereocenters. The monoisotopic (exact) mass is 205 g/mol. The summed E-state index contributed by atoms with van der Waals surface area (Å²) in [5.74, 6) is -0.884. The van der Waals surface area contributed by atoms with Crippen molar-refractivity contribution in [2.45, 2.75) is 32.1 Å². The summed E-state index contributed by atoms with van der Waals surface area (Å²) in [5, 5.41) is 9.04. The van der Waals surface area contributed by atoms with Gasteiger partial charge in [0.05, 0.1) is 5.92 Å². The van der Waals surface area contributed by atoms with Crippen LogP contribution < -0.4 is 0 Å². The van der Waals surface area contributed by atoms with Crippen LogP contribution >= 0.6 is 0 Å². The largest absolute Gasteiger partial charge is 0.481 e. The molecule has 0 aliphatic heterocycles. The molecule has 0 fully saturated rings. The molecular formula is C12H15NO2. The van der Waals surface area contributed by atoms with Crippen molar-refractivity contribution in [2.24, 2.45) is 5.92 Å². The molecule has 2 atom stereocenters. The van der Waals surface area contributed by atoms with E-state index in [0.29, 0.717) is 0 Å². The Bertz CT molecular complexity index is 376.